The fourth-order valence-corrected chi connectivity index (χ4v) is 4.92. The molecule has 32 heavy (non-hydrogen) atoms. The normalized spacial score (nSPS) is 26.8. The second kappa shape index (κ2) is 15.0. The predicted molar refractivity (Wildman–Crippen MR) is 143 cm³/mol. The van der Waals surface area contributed by atoms with Gasteiger partial charge in [-0.15, -0.1) is 0 Å². The first-order chi connectivity index (χ1) is 14.9. The van der Waals surface area contributed by atoms with Crippen LogP contribution in [-0.2, 0) is 25.0 Å². The van der Waals surface area contributed by atoms with E-state index >= 15 is 0 Å². The summed E-state index contributed by atoms with van der Waals surface area (Å²) in [6.07, 6.45) is -1.46. The van der Waals surface area contributed by atoms with Crippen molar-refractivity contribution in [3.63, 3.8) is 0 Å². The second-order valence-electron chi connectivity index (χ2n) is 8.34. The summed E-state index contributed by atoms with van der Waals surface area (Å²) in [6, 6.07) is 3.38. The molecule has 0 N–H and O–H groups in total. The number of Topliss-reactive ketones (excluding diaryl/α,β-unsaturated/α-hetero) is 1. The van der Waals surface area contributed by atoms with E-state index < -0.39 is 20.0 Å². The van der Waals surface area contributed by atoms with Crippen molar-refractivity contribution < 1.29 is 27.4 Å². The highest BCUT2D eigenvalue weighted by molar-refractivity contribution is 8.41. The fraction of sp³-hybridized carbons (Fsp3) is 0.667. The molecule has 1 aliphatic heterocycles. The molecule has 0 bridgehead atoms. The second-order valence-corrected chi connectivity index (χ2v) is 15.3. The maximum absolute atomic E-state index is 14.0. The molecular weight excluding hydrogens is 507 g/mol. The Bertz CT molecular complexity index is 740. The van der Waals surface area contributed by atoms with Gasteiger partial charge in [0, 0.05) is 14.4 Å². The number of ketones is 1. The van der Waals surface area contributed by atoms with Gasteiger partial charge in [0.2, 0.25) is 0 Å². The Morgan fingerprint density at radius 3 is 2.38 bits per heavy atom. The quantitative estimate of drug-likeness (QED) is 0.333. The van der Waals surface area contributed by atoms with Gasteiger partial charge in [-0.3, -0.25) is 4.79 Å². The maximum Gasteiger partial charge on any atom is 0.194 e. The van der Waals surface area contributed by atoms with E-state index in [2.05, 4.69) is 26.8 Å². The first-order valence-corrected chi connectivity index (χ1v) is 17.7. The topological polar surface area (TPSA) is 44.8 Å². The molecule has 1 aliphatic rings. The Hall–Kier alpha value is 0.780. The van der Waals surface area contributed by atoms with Gasteiger partial charge in [0.15, 0.2) is 12.5 Å². The standard InChI is InChI=1S/C13H17FO.C8H20FO3P5/c1-8-5-12(6-10(3)11(4)15)13(14)7-9(8)2;1-4-5(2)7(9)8(12-17(14)15)11-6(4)3-10-16-13/h5,7,10H,6H2,1-4H3;4-8,16H,3,13-15H2,1-2H3/i14-1;9-1. The van der Waals surface area contributed by atoms with Crippen molar-refractivity contribution >= 4 is 48.6 Å². The minimum atomic E-state index is -1.08. The lowest BCUT2D eigenvalue weighted by Crippen LogP contribution is -2.49. The minimum Gasteiger partial charge on any atom is -0.356 e. The van der Waals surface area contributed by atoms with Crippen LogP contribution in [0.25, 0.3) is 0 Å². The highest BCUT2D eigenvalue weighted by Gasteiger charge is 2.42. The molecule has 1 saturated heterocycles. The number of carbonyl (C=O) groups is 1. The number of aryl methyl sites for hydroxylation is 2. The van der Waals surface area contributed by atoms with Crippen molar-refractivity contribution in [2.75, 3.05) is 6.61 Å². The largest absolute Gasteiger partial charge is 0.356 e. The van der Waals surface area contributed by atoms with Crippen molar-refractivity contribution in [3.05, 3.63) is 34.6 Å². The third-order valence-electron chi connectivity index (χ3n) is 5.93. The summed E-state index contributed by atoms with van der Waals surface area (Å²) < 4.78 is 44.1. The fourth-order valence-electron chi connectivity index (χ4n) is 3.24. The lowest BCUT2D eigenvalue weighted by Gasteiger charge is -2.41. The van der Waals surface area contributed by atoms with E-state index in [1.54, 1.807) is 6.92 Å². The van der Waals surface area contributed by atoms with Gasteiger partial charge in [-0.2, -0.15) is 0 Å². The van der Waals surface area contributed by atoms with Crippen molar-refractivity contribution in [3.8, 4) is 0 Å². The average molecular weight is 544 g/mol. The Balaban J connectivity index is 0.000000323. The number of alkyl halides is 1. The zero-order valence-electron chi connectivity index (χ0n) is 19.6. The smallest absolute Gasteiger partial charge is 0.194 e. The monoisotopic (exact) mass is 544 g/mol. The zero-order chi connectivity index (χ0) is 24.6. The highest BCUT2D eigenvalue weighted by atomic mass is 32.4. The maximum atomic E-state index is 14.0. The Morgan fingerprint density at radius 2 is 1.84 bits per heavy atom. The van der Waals surface area contributed by atoms with E-state index in [1.807, 2.05) is 40.7 Å². The molecule has 1 heterocycles. The van der Waals surface area contributed by atoms with Crippen LogP contribution >= 0.6 is 42.8 Å². The third kappa shape index (κ3) is 9.80. The van der Waals surface area contributed by atoms with Crippen LogP contribution in [0.2, 0.25) is 0 Å². The van der Waals surface area contributed by atoms with Crippen molar-refractivity contribution in [1.82, 2.24) is 0 Å². The molecule has 2 rings (SSSR count). The van der Waals surface area contributed by atoms with Gasteiger partial charge in [-0.05, 0) is 61.8 Å². The van der Waals surface area contributed by atoms with Gasteiger partial charge in [0.25, 0.3) is 0 Å². The van der Waals surface area contributed by atoms with Crippen LogP contribution in [0.4, 0.5) is 8.78 Å². The number of halogens is 2. The summed E-state index contributed by atoms with van der Waals surface area (Å²) in [6.45, 7) is 11.6. The van der Waals surface area contributed by atoms with Gasteiger partial charge in [0.05, 0.1) is 20.2 Å². The summed E-state index contributed by atoms with van der Waals surface area (Å²) in [5.74, 6) is -0.160. The molecule has 0 spiro atoms. The van der Waals surface area contributed by atoms with Gasteiger partial charge >= 0.3 is 0 Å². The van der Waals surface area contributed by atoms with E-state index in [9.17, 15) is 13.6 Å². The van der Waals surface area contributed by atoms with Crippen LogP contribution in [0.1, 0.15) is 44.4 Å². The summed E-state index contributed by atoms with van der Waals surface area (Å²) in [4.78, 5) is 11.1. The van der Waals surface area contributed by atoms with Gasteiger partial charge in [0.1, 0.15) is 11.6 Å². The van der Waals surface area contributed by atoms with E-state index in [4.69, 9.17) is 13.8 Å². The van der Waals surface area contributed by atoms with Crippen LogP contribution < -0.4 is 0 Å². The van der Waals surface area contributed by atoms with Crippen LogP contribution in [0, 0.1) is 37.4 Å². The van der Waals surface area contributed by atoms with E-state index in [0.29, 0.717) is 27.1 Å². The molecule has 10 atom stereocenters. The molecule has 10 unspecified atom stereocenters. The zero-order valence-corrected chi connectivity index (χ0v) is 25.0. The molecule has 1 aromatic rings. The SMILES string of the molecule is CC(=O)C(C)Cc1cc(C)c(C)cc1[18F].CC1C(COPP)OC(OP(P)P)C([18F])C1C. The van der Waals surface area contributed by atoms with E-state index in [1.165, 1.54) is 6.07 Å². The summed E-state index contributed by atoms with van der Waals surface area (Å²) in [5.41, 5.74) is 2.66. The molecule has 0 amide bonds. The van der Waals surface area contributed by atoms with Crippen molar-refractivity contribution in [2.24, 2.45) is 17.8 Å². The van der Waals surface area contributed by atoms with Gasteiger partial charge in [-0.25, -0.2) is 8.78 Å². The van der Waals surface area contributed by atoms with E-state index in [-0.39, 0.29) is 35.5 Å². The van der Waals surface area contributed by atoms with Crippen molar-refractivity contribution in [1.29, 1.82) is 0 Å². The number of ether oxygens (including phenoxy) is 1. The number of hydrogen-bond donors (Lipinski definition) is 0. The first kappa shape index (κ1) is 30.8. The van der Waals surface area contributed by atoms with Crippen molar-refractivity contribution in [2.45, 2.75) is 66.5 Å². The molecule has 11 heteroatoms. The molecule has 4 nitrogen and oxygen atoms in total. The minimum absolute atomic E-state index is 0.0832. The number of benzene rings is 1. The molecule has 1 fully saturated rings. The molecule has 0 saturated carbocycles. The molecule has 0 aromatic heterocycles. The summed E-state index contributed by atoms with van der Waals surface area (Å²) in [7, 11) is 7.11. The van der Waals surface area contributed by atoms with Crippen LogP contribution in [0.15, 0.2) is 12.1 Å². The van der Waals surface area contributed by atoms with E-state index in [0.717, 1.165) is 11.1 Å². The predicted octanol–water partition coefficient (Wildman–Crippen LogP) is 6.93. The van der Waals surface area contributed by atoms with Crippen LogP contribution in [0.5, 0.6) is 0 Å². The lowest BCUT2D eigenvalue weighted by atomic mass is 9.84. The average Bonchev–Trinajstić information content (AvgIpc) is 2.71. The number of rotatable bonds is 8. The first-order valence-electron chi connectivity index (χ1n) is 10.5. The van der Waals surface area contributed by atoms with Gasteiger partial charge < -0.3 is 13.8 Å². The van der Waals surface area contributed by atoms with Crippen LogP contribution in [0.3, 0.4) is 0 Å². The highest BCUT2D eigenvalue weighted by Crippen LogP contribution is 2.56. The molecule has 0 aliphatic carbocycles. The molecule has 1 aromatic carbocycles. The Kier molecular flexibility index (Phi) is 14.5. The molecular formula is C21H37F2O4P5. The summed E-state index contributed by atoms with van der Waals surface area (Å²) >= 11 is 0. The number of hydrogen-bond acceptors (Lipinski definition) is 4. The summed E-state index contributed by atoms with van der Waals surface area (Å²) in [5, 5.41) is 0. The lowest BCUT2D eigenvalue weighted by molar-refractivity contribution is -0.220. The number of carbonyl (C=O) groups excluding carboxylic acids is 1. The Labute approximate surface area is 201 Å². The molecule has 0 radical (unpaired) electrons. The molecule has 184 valence electrons. The van der Waals surface area contributed by atoms with Crippen LogP contribution in [-0.4, -0.2) is 31.0 Å². The Morgan fingerprint density at radius 1 is 1.25 bits per heavy atom. The van der Waals surface area contributed by atoms with Gasteiger partial charge in [-0.1, -0.05) is 53.6 Å². The third-order valence-corrected chi connectivity index (χ3v) is 7.94.